The molecular weight excluding hydrogens is 428 g/mol. The van der Waals surface area contributed by atoms with Crippen LogP contribution in [0.3, 0.4) is 0 Å². The number of hydrogen-bond acceptors (Lipinski definition) is 4. The van der Waals surface area contributed by atoms with E-state index in [0.717, 1.165) is 29.5 Å². The number of ether oxygens (including phenoxy) is 1. The average molecular weight is 462 g/mol. The van der Waals surface area contributed by atoms with Gasteiger partial charge in [-0.1, -0.05) is 30.3 Å². The first-order chi connectivity index (χ1) is 16.8. The fraction of sp³-hybridized carbons (Fsp3) is 0.321. The van der Waals surface area contributed by atoms with Crippen molar-refractivity contribution >= 4 is 11.9 Å². The average Bonchev–Trinajstić information content (AvgIpc) is 2.84. The molecule has 0 fully saturated rings. The lowest BCUT2D eigenvalue weighted by molar-refractivity contribution is -0.137. The highest BCUT2D eigenvalue weighted by Crippen LogP contribution is 2.24. The monoisotopic (exact) mass is 461 g/mol. The third-order valence-corrected chi connectivity index (χ3v) is 5.52. The Kier molecular flexibility index (Phi) is 8.66. The zero-order valence-electron chi connectivity index (χ0n) is 20.7. The molecular formula is C28H32N2O4. The Hall–Kier alpha value is -3.67. The van der Waals surface area contributed by atoms with E-state index in [1.807, 2.05) is 48.5 Å². The summed E-state index contributed by atoms with van der Waals surface area (Å²) >= 11 is 0. The van der Waals surface area contributed by atoms with Crippen LogP contribution in [-0.2, 0) is 11.3 Å². The Morgan fingerprint density at radius 3 is 2.32 bits per heavy atom. The first kappa shape index (κ1) is 23.5. The van der Waals surface area contributed by atoms with Gasteiger partial charge >= 0.3 is 5.97 Å². The van der Waals surface area contributed by atoms with Crippen molar-refractivity contribution in [1.29, 1.82) is 0 Å². The Morgan fingerprint density at radius 1 is 0.971 bits per heavy atom. The number of pyridine rings is 1. The second kappa shape index (κ2) is 12.5. The Bertz CT molecular complexity index is 1110. The molecule has 3 aromatic rings. The van der Waals surface area contributed by atoms with Gasteiger partial charge in [0.25, 0.3) is 5.91 Å². The second-order valence-corrected chi connectivity index (χ2v) is 8.31. The van der Waals surface area contributed by atoms with Crippen LogP contribution in [0.25, 0.3) is 11.1 Å². The number of carbonyl (C=O) groups is 2. The summed E-state index contributed by atoms with van der Waals surface area (Å²) in [6, 6.07) is 17.6. The lowest BCUT2D eigenvalue weighted by Gasteiger charge is -2.28. The number of unbranched alkanes of at least 4 members (excludes halogenated alkanes) is 2. The number of hydrogen-bond donors (Lipinski definition) is 1. The topological polar surface area (TPSA) is 79.7 Å². The van der Waals surface area contributed by atoms with Crippen LogP contribution in [-0.4, -0.2) is 39.5 Å². The Balaban J connectivity index is 1.70. The maximum absolute atomic E-state index is 13.4. The van der Waals surface area contributed by atoms with E-state index < -0.39 is 12.0 Å². The van der Waals surface area contributed by atoms with Gasteiger partial charge in [-0.05, 0) is 74.6 Å². The molecule has 1 N–H and O–H groups in total. The van der Waals surface area contributed by atoms with Crippen LogP contribution in [0, 0.1) is 0 Å². The Labute approximate surface area is 202 Å². The number of carboxylic acids is 1. The summed E-state index contributed by atoms with van der Waals surface area (Å²) in [6.07, 6.45) is 5.76. The minimum absolute atomic E-state index is 0.162. The molecule has 0 unspecified atom stereocenters. The van der Waals surface area contributed by atoms with Crippen molar-refractivity contribution < 1.29 is 20.8 Å². The first-order valence-electron chi connectivity index (χ1n) is 12.0. The molecule has 1 heterocycles. The van der Waals surface area contributed by atoms with Gasteiger partial charge in [-0.3, -0.25) is 14.6 Å². The van der Waals surface area contributed by atoms with Crippen molar-refractivity contribution in [3.05, 3.63) is 84.2 Å². The molecule has 0 spiro atoms. The highest BCUT2D eigenvalue weighted by atomic mass is 16.5. The smallest absolute Gasteiger partial charge is 0.303 e. The van der Waals surface area contributed by atoms with Crippen LogP contribution in [0.5, 0.6) is 5.75 Å². The quantitative estimate of drug-likeness (QED) is 0.344. The van der Waals surface area contributed by atoms with E-state index in [1.165, 1.54) is 4.90 Å². The molecule has 0 aliphatic carbocycles. The SMILES string of the molecule is [2H]C(C)(C)N(Cc1ccccc1OCCCCCC(=O)O)C(=O)c1ccc(-c2ccncc2)cc1. The minimum atomic E-state index is -1.15. The van der Waals surface area contributed by atoms with E-state index in [4.69, 9.17) is 11.2 Å². The fourth-order valence-electron chi connectivity index (χ4n) is 3.62. The summed E-state index contributed by atoms with van der Waals surface area (Å²) in [7, 11) is 0. The van der Waals surface area contributed by atoms with Crippen molar-refractivity contribution in [2.24, 2.45) is 0 Å². The van der Waals surface area contributed by atoms with Crippen molar-refractivity contribution in [2.45, 2.75) is 52.1 Å². The molecule has 6 heteroatoms. The van der Waals surface area contributed by atoms with Crippen molar-refractivity contribution in [3.63, 3.8) is 0 Å². The van der Waals surface area contributed by atoms with Crippen molar-refractivity contribution in [2.75, 3.05) is 6.61 Å². The predicted octanol–water partition coefficient (Wildman–Crippen LogP) is 5.82. The van der Waals surface area contributed by atoms with Crippen molar-refractivity contribution in [1.82, 2.24) is 9.88 Å². The largest absolute Gasteiger partial charge is 0.493 e. The second-order valence-electron chi connectivity index (χ2n) is 8.31. The molecule has 178 valence electrons. The molecule has 0 aliphatic heterocycles. The summed E-state index contributed by atoms with van der Waals surface area (Å²) in [5.74, 6) is -0.346. The number of amides is 1. The number of aliphatic carboxylic acids is 1. The van der Waals surface area contributed by atoms with Gasteiger partial charge in [0.2, 0.25) is 0 Å². The molecule has 0 saturated carbocycles. The zero-order valence-corrected chi connectivity index (χ0v) is 19.7. The summed E-state index contributed by atoms with van der Waals surface area (Å²) in [6.45, 7) is 4.09. The van der Waals surface area contributed by atoms with Gasteiger partial charge in [0.1, 0.15) is 5.75 Å². The maximum Gasteiger partial charge on any atom is 0.303 e. The van der Waals surface area contributed by atoms with Crippen LogP contribution >= 0.6 is 0 Å². The lowest BCUT2D eigenvalue weighted by atomic mass is 10.0. The van der Waals surface area contributed by atoms with Gasteiger partial charge in [0.05, 0.1) is 7.98 Å². The highest BCUT2D eigenvalue weighted by Gasteiger charge is 2.20. The molecule has 0 saturated heterocycles. The van der Waals surface area contributed by atoms with Crippen LogP contribution in [0.1, 0.15) is 56.8 Å². The third-order valence-electron chi connectivity index (χ3n) is 5.52. The molecule has 0 atom stereocenters. The number of rotatable bonds is 12. The van der Waals surface area contributed by atoms with Crippen LogP contribution in [0.15, 0.2) is 73.1 Å². The maximum atomic E-state index is 13.4. The molecule has 0 radical (unpaired) electrons. The van der Waals surface area contributed by atoms with E-state index in [9.17, 15) is 9.59 Å². The minimum Gasteiger partial charge on any atom is -0.493 e. The number of carbonyl (C=O) groups excluding carboxylic acids is 1. The molecule has 34 heavy (non-hydrogen) atoms. The van der Waals surface area contributed by atoms with Gasteiger partial charge < -0.3 is 14.7 Å². The van der Waals surface area contributed by atoms with Crippen LogP contribution in [0.4, 0.5) is 0 Å². The molecule has 0 aliphatic rings. The standard InChI is InChI=1S/C28H32N2O4/c1-21(2)30(28(33)24-13-11-22(12-14-24)23-15-17-29-18-16-23)20-25-8-5-6-9-26(25)34-19-7-3-4-10-27(31)32/h5-6,8-9,11-18,21H,3-4,7,10,19-20H2,1-2H3,(H,31,32)/i21D. The highest BCUT2D eigenvalue weighted by molar-refractivity contribution is 5.95. The molecule has 2 aromatic carbocycles. The number of carboxylic acid groups (broad SMARTS) is 1. The summed E-state index contributed by atoms with van der Waals surface area (Å²) in [5, 5.41) is 8.75. The zero-order chi connectivity index (χ0) is 25.3. The third kappa shape index (κ3) is 7.17. The van der Waals surface area contributed by atoms with Gasteiger partial charge in [-0.15, -0.1) is 0 Å². The lowest BCUT2D eigenvalue weighted by Crippen LogP contribution is -2.36. The number of para-hydroxylation sites is 1. The normalized spacial score (nSPS) is 11.5. The van der Waals surface area contributed by atoms with E-state index >= 15 is 0 Å². The fourth-order valence-corrected chi connectivity index (χ4v) is 3.62. The van der Waals surface area contributed by atoms with Crippen LogP contribution in [0.2, 0.25) is 0 Å². The summed E-state index contributed by atoms with van der Waals surface area (Å²) in [4.78, 5) is 29.7. The van der Waals surface area contributed by atoms with E-state index in [1.54, 1.807) is 38.4 Å². The molecule has 1 aromatic heterocycles. The number of aromatic nitrogens is 1. The number of benzene rings is 2. The summed E-state index contributed by atoms with van der Waals surface area (Å²) in [5.41, 5.74) is 3.34. The van der Waals surface area contributed by atoms with Crippen LogP contribution < -0.4 is 4.74 Å². The first-order valence-corrected chi connectivity index (χ1v) is 11.5. The van der Waals surface area contributed by atoms with E-state index in [2.05, 4.69) is 4.98 Å². The van der Waals surface area contributed by atoms with E-state index in [0.29, 0.717) is 24.3 Å². The summed E-state index contributed by atoms with van der Waals surface area (Å²) < 4.78 is 14.6. The van der Waals surface area contributed by atoms with Gasteiger partial charge in [-0.2, -0.15) is 0 Å². The van der Waals surface area contributed by atoms with Gasteiger partial charge in [0.15, 0.2) is 0 Å². The predicted molar refractivity (Wildman–Crippen MR) is 133 cm³/mol. The molecule has 6 nitrogen and oxygen atoms in total. The Morgan fingerprint density at radius 2 is 1.65 bits per heavy atom. The number of nitrogens with zero attached hydrogens (tertiary/aromatic N) is 2. The molecule has 1 amide bonds. The molecule has 3 rings (SSSR count). The van der Waals surface area contributed by atoms with E-state index in [-0.39, 0.29) is 18.9 Å². The van der Waals surface area contributed by atoms with Crippen molar-refractivity contribution in [3.8, 4) is 16.9 Å². The molecule has 0 bridgehead atoms. The van der Waals surface area contributed by atoms with Gasteiger partial charge in [-0.25, -0.2) is 0 Å². The van der Waals surface area contributed by atoms with Gasteiger partial charge in [0, 0.05) is 42.5 Å².